The molecule has 2 fully saturated rings. The molecule has 138 valence electrons. The van der Waals surface area contributed by atoms with E-state index in [0.29, 0.717) is 25.6 Å². The van der Waals surface area contributed by atoms with Crippen molar-refractivity contribution >= 4 is 5.91 Å². The molecule has 0 saturated carbocycles. The number of carbonyl (C=O) groups excluding carboxylic acids is 1. The Labute approximate surface area is 148 Å². The average Bonchev–Trinajstić information content (AvgIpc) is 2.58. The summed E-state index contributed by atoms with van der Waals surface area (Å²) in [7, 11) is 0. The Morgan fingerprint density at radius 3 is 2.80 bits per heavy atom. The van der Waals surface area contributed by atoms with Crippen molar-refractivity contribution in [2.45, 2.75) is 44.8 Å². The lowest BCUT2D eigenvalue weighted by Crippen LogP contribution is -2.56. The second kappa shape index (κ2) is 7.66. The number of carbonyl (C=O) groups is 1. The molecule has 1 unspecified atom stereocenters. The van der Waals surface area contributed by atoms with Crippen molar-refractivity contribution in [3.63, 3.8) is 0 Å². The van der Waals surface area contributed by atoms with Crippen LogP contribution < -0.4 is 5.56 Å². The number of hydrogen-bond donors (Lipinski definition) is 1. The van der Waals surface area contributed by atoms with Gasteiger partial charge in [-0.25, -0.2) is 4.98 Å². The number of β-amino-alcohol motifs (C(OH)–C–C–N with tert-alkyl or cyclic N) is 1. The molecule has 25 heavy (non-hydrogen) atoms. The smallest absolute Gasteiger partial charge is 0.253 e. The minimum atomic E-state index is -0.795. The number of piperidine rings is 2. The molecule has 0 aromatic carbocycles. The van der Waals surface area contributed by atoms with Crippen LogP contribution in [0.4, 0.5) is 0 Å². The fourth-order valence-electron chi connectivity index (χ4n) is 4.05. The molecule has 0 bridgehead atoms. The maximum absolute atomic E-state index is 11.8. The van der Waals surface area contributed by atoms with Gasteiger partial charge in [0.25, 0.3) is 5.56 Å². The van der Waals surface area contributed by atoms with Crippen molar-refractivity contribution in [2.24, 2.45) is 5.92 Å². The Kier molecular flexibility index (Phi) is 5.54. The minimum Gasteiger partial charge on any atom is -0.387 e. The fraction of sp³-hybridized carbons (Fsp3) is 0.722. The van der Waals surface area contributed by atoms with E-state index in [2.05, 4.69) is 9.88 Å². The van der Waals surface area contributed by atoms with Crippen LogP contribution in [0.25, 0.3) is 0 Å². The van der Waals surface area contributed by atoms with Crippen molar-refractivity contribution < 1.29 is 9.90 Å². The second-order valence-electron chi connectivity index (χ2n) is 7.56. The van der Waals surface area contributed by atoms with Gasteiger partial charge >= 0.3 is 0 Å². The van der Waals surface area contributed by atoms with Crippen LogP contribution in [0.1, 0.15) is 32.6 Å². The molecule has 7 heteroatoms. The van der Waals surface area contributed by atoms with E-state index in [1.807, 2.05) is 0 Å². The summed E-state index contributed by atoms with van der Waals surface area (Å²) in [5, 5.41) is 10.9. The summed E-state index contributed by atoms with van der Waals surface area (Å²) in [6.07, 6.45) is 6.76. The lowest BCUT2D eigenvalue weighted by molar-refractivity contribution is -0.137. The first-order chi connectivity index (χ1) is 12.0. The van der Waals surface area contributed by atoms with Crippen LogP contribution in [-0.2, 0) is 11.3 Å². The van der Waals surface area contributed by atoms with Crippen molar-refractivity contribution in [1.82, 2.24) is 19.4 Å². The summed E-state index contributed by atoms with van der Waals surface area (Å²) < 4.78 is 1.68. The average molecular weight is 348 g/mol. The Bertz CT molecular complexity index is 654. The lowest BCUT2D eigenvalue weighted by atomic mass is 9.90. The Morgan fingerprint density at radius 2 is 2.12 bits per heavy atom. The number of rotatable bonds is 4. The molecule has 1 N–H and O–H groups in total. The molecule has 2 aliphatic rings. The van der Waals surface area contributed by atoms with Crippen molar-refractivity contribution in [3.05, 3.63) is 28.9 Å². The first-order valence-electron chi connectivity index (χ1n) is 9.16. The molecule has 1 aromatic heterocycles. The molecule has 0 radical (unpaired) electrons. The van der Waals surface area contributed by atoms with Gasteiger partial charge in [0, 0.05) is 38.8 Å². The summed E-state index contributed by atoms with van der Waals surface area (Å²) in [5.41, 5.74) is -0.796. The van der Waals surface area contributed by atoms with E-state index in [-0.39, 0.29) is 11.5 Å². The molecule has 3 rings (SSSR count). The first-order valence-corrected chi connectivity index (χ1v) is 9.16. The van der Waals surface area contributed by atoms with Gasteiger partial charge in [0.05, 0.1) is 18.5 Å². The predicted molar refractivity (Wildman–Crippen MR) is 94.1 cm³/mol. The number of likely N-dealkylation sites (tertiary alicyclic amines) is 2. The van der Waals surface area contributed by atoms with Gasteiger partial charge in [0.15, 0.2) is 0 Å². The van der Waals surface area contributed by atoms with Gasteiger partial charge in [-0.15, -0.1) is 0 Å². The van der Waals surface area contributed by atoms with Crippen LogP contribution in [-0.4, -0.2) is 68.7 Å². The fourth-order valence-corrected chi connectivity index (χ4v) is 4.05. The third-order valence-corrected chi connectivity index (χ3v) is 5.47. The quantitative estimate of drug-likeness (QED) is 0.848. The van der Waals surface area contributed by atoms with Crippen LogP contribution in [0.5, 0.6) is 0 Å². The maximum atomic E-state index is 11.8. The van der Waals surface area contributed by atoms with Crippen LogP contribution in [0.3, 0.4) is 0 Å². The van der Waals surface area contributed by atoms with Gasteiger partial charge in [0.2, 0.25) is 5.91 Å². The Hall–Kier alpha value is -1.73. The SMILES string of the molecule is CC(=O)N1CCCC(O)(CN2CCC(Cn3cnccc3=O)CC2)C1. The third kappa shape index (κ3) is 4.67. The van der Waals surface area contributed by atoms with Crippen molar-refractivity contribution in [1.29, 1.82) is 0 Å². The van der Waals surface area contributed by atoms with Crippen molar-refractivity contribution in [2.75, 3.05) is 32.7 Å². The van der Waals surface area contributed by atoms with Gasteiger partial charge in [-0.1, -0.05) is 0 Å². The van der Waals surface area contributed by atoms with E-state index in [4.69, 9.17) is 0 Å². The molecule has 0 aliphatic carbocycles. The highest BCUT2D eigenvalue weighted by atomic mass is 16.3. The number of nitrogens with zero attached hydrogens (tertiary/aromatic N) is 4. The minimum absolute atomic E-state index is 0.00160. The third-order valence-electron chi connectivity index (χ3n) is 5.47. The van der Waals surface area contributed by atoms with E-state index in [1.54, 1.807) is 22.7 Å². The Morgan fingerprint density at radius 1 is 1.36 bits per heavy atom. The van der Waals surface area contributed by atoms with Gasteiger partial charge in [-0.2, -0.15) is 0 Å². The number of aliphatic hydroxyl groups is 1. The van der Waals surface area contributed by atoms with Crippen LogP contribution in [0, 0.1) is 5.92 Å². The van der Waals surface area contributed by atoms with E-state index in [0.717, 1.165) is 45.3 Å². The van der Waals surface area contributed by atoms with E-state index >= 15 is 0 Å². The summed E-state index contributed by atoms with van der Waals surface area (Å²) in [6.45, 7) is 5.92. The van der Waals surface area contributed by atoms with Crippen LogP contribution in [0.2, 0.25) is 0 Å². The normalized spacial score (nSPS) is 25.9. The highest BCUT2D eigenvalue weighted by Gasteiger charge is 2.36. The zero-order valence-electron chi connectivity index (χ0n) is 14.9. The van der Waals surface area contributed by atoms with Gasteiger partial charge in [-0.3, -0.25) is 14.2 Å². The molecule has 1 amide bonds. The van der Waals surface area contributed by atoms with Gasteiger partial charge in [-0.05, 0) is 44.7 Å². The Balaban J connectivity index is 1.50. The van der Waals surface area contributed by atoms with Gasteiger partial charge < -0.3 is 14.9 Å². The summed E-state index contributed by atoms with van der Waals surface area (Å²) in [4.78, 5) is 31.5. The second-order valence-corrected chi connectivity index (χ2v) is 7.56. The monoisotopic (exact) mass is 348 g/mol. The standard InChI is InChI=1S/C18H28N4O3/c1-15(23)21-8-2-6-18(25,13-21)12-20-9-4-16(5-10-20)11-22-14-19-7-3-17(22)24/h3,7,14,16,25H,2,4-6,8-13H2,1H3. The molecule has 1 atom stereocenters. The summed E-state index contributed by atoms with van der Waals surface area (Å²) in [5.74, 6) is 0.506. The van der Waals surface area contributed by atoms with E-state index < -0.39 is 5.60 Å². The summed E-state index contributed by atoms with van der Waals surface area (Å²) in [6, 6.07) is 1.49. The van der Waals surface area contributed by atoms with Crippen LogP contribution in [0.15, 0.2) is 23.4 Å². The van der Waals surface area contributed by atoms with Crippen LogP contribution >= 0.6 is 0 Å². The highest BCUT2D eigenvalue weighted by molar-refractivity contribution is 5.73. The highest BCUT2D eigenvalue weighted by Crippen LogP contribution is 2.25. The molecule has 2 saturated heterocycles. The lowest BCUT2D eigenvalue weighted by Gasteiger charge is -2.43. The zero-order chi connectivity index (χ0) is 17.9. The topological polar surface area (TPSA) is 78.7 Å². The molecule has 0 spiro atoms. The molecular weight excluding hydrogens is 320 g/mol. The zero-order valence-corrected chi connectivity index (χ0v) is 14.9. The molecule has 3 heterocycles. The van der Waals surface area contributed by atoms with Gasteiger partial charge in [0.1, 0.15) is 0 Å². The molecule has 7 nitrogen and oxygen atoms in total. The number of aromatic nitrogens is 2. The predicted octanol–water partition coefficient (Wildman–Crippen LogP) is 0.329. The number of amides is 1. The molecule has 1 aromatic rings. The molecule has 2 aliphatic heterocycles. The van der Waals surface area contributed by atoms with Crippen molar-refractivity contribution in [3.8, 4) is 0 Å². The maximum Gasteiger partial charge on any atom is 0.253 e. The first kappa shape index (κ1) is 18.1. The summed E-state index contributed by atoms with van der Waals surface area (Å²) >= 11 is 0. The van der Waals surface area contributed by atoms with E-state index in [1.165, 1.54) is 12.3 Å². The molecular formula is C18H28N4O3. The number of hydrogen-bond acceptors (Lipinski definition) is 5. The largest absolute Gasteiger partial charge is 0.387 e. The van der Waals surface area contributed by atoms with E-state index in [9.17, 15) is 14.7 Å².